The fourth-order valence-corrected chi connectivity index (χ4v) is 3.64. The van der Waals surface area contributed by atoms with E-state index in [1.165, 1.54) is 19.3 Å². The molecule has 1 saturated heterocycles. The summed E-state index contributed by atoms with van der Waals surface area (Å²) in [5, 5.41) is 3.74. The van der Waals surface area contributed by atoms with Crippen LogP contribution >= 0.6 is 11.6 Å². The van der Waals surface area contributed by atoms with Crippen LogP contribution in [0.15, 0.2) is 48.5 Å². The smallest absolute Gasteiger partial charge is 0.258 e. The largest absolute Gasteiger partial charge is 0.493 e. The van der Waals surface area contributed by atoms with Crippen molar-refractivity contribution in [3.05, 3.63) is 59.1 Å². The first kappa shape index (κ1) is 20.5. The number of hydrogen-bond donors (Lipinski definition) is 1. The van der Waals surface area contributed by atoms with E-state index in [1.807, 2.05) is 36.4 Å². The summed E-state index contributed by atoms with van der Waals surface area (Å²) in [6.45, 7) is 2.57. The molecule has 150 valence electrons. The van der Waals surface area contributed by atoms with Crippen molar-refractivity contribution in [3.8, 4) is 11.5 Å². The van der Waals surface area contributed by atoms with Gasteiger partial charge in [-0.05, 0) is 55.8 Å². The molecule has 0 bridgehead atoms. The van der Waals surface area contributed by atoms with Gasteiger partial charge in [0.05, 0.1) is 13.2 Å². The number of carbonyl (C=O) groups excluding carboxylic acids is 1. The lowest BCUT2D eigenvalue weighted by atomic mass is 10.0. The molecule has 0 radical (unpaired) electrons. The topological polar surface area (TPSA) is 50.8 Å². The second kappa shape index (κ2) is 10.3. The van der Waals surface area contributed by atoms with Crippen molar-refractivity contribution >= 4 is 17.5 Å². The minimum Gasteiger partial charge on any atom is -0.493 e. The Balaban J connectivity index is 1.59. The second-order valence-corrected chi connectivity index (χ2v) is 7.34. The zero-order valence-corrected chi connectivity index (χ0v) is 17.0. The number of para-hydroxylation sites is 2. The fraction of sp³-hybridized carbons (Fsp3) is 0.409. The molecule has 1 fully saturated rings. The molecule has 0 aliphatic carbocycles. The van der Waals surface area contributed by atoms with Gasteiger partial charge in [-0.3, -0.25) is 9.69 Å². The fourth-order valence-electron chi connectivity index (χ4n) is 3.52. The highest BCUT2D eigenvalue weighted by Crippen LogP contribution is 2.26. The predicted molar refractivity (Wildman–Crippen MR) is 111 cm³/mol. The van der Waals surface area contributed by atoms with Gasteiger partial charge in [-0.2, -0.15) is 0 Å². The Labute approximate surface area is 171 Å². The maximum atomic E-state index is 12.4. The Morgan fingerprint density at radius 1 is 1.07 bits per heavy atom. The number of likely N-dealkylation sites (tertiary alicyclic amines) is 1. The molecule has 0 unspecified atom stereocenters. The lowest BCUT2D eigenvalue weighted by Gasteiger charge is -2.35. The average molecular weight is 403 g/mol. The van der Waals surface area contributed by atoms with E-state index in [4.69, 9.17) is 21.1 Å². The Bertz CT molecular complexity index is 761. The van der Waals surface area contributed by atoms with Crippen LogP contribution in [0.25, 0.3) is 0 Å². The van der Waals surface area contributed by atoms with E-state index in [0.717, 1.165) is 23.7 Å². The molecule has 0 aromatic heterocycles. The summed E-state index contributed by atoms with van der Waals surface area (Å²) in [7, 11) is 1.58. The Morgan fingerprint density at radius 3 is 2.43 bits per heavy atom. The van der Waals surface area contributed by atoms with Gasteiger partial charge < -0.3 is 14.8 Å². The van der Waals surface area contributed by atoms with Gasteiger partial charge >= 0.3 is 0 Å². The van der Waals surface area contributed by atoms with Crippen molar-refractivity contribution in [2.24, 2.45) is 0 Å². The quantitative estimate of drug-likeness (QED) is 0.723. The minimum atomic E-state index is -0.151. The van der Waals surface area contributed by atoms with Gasteiger partial charge in [0, 0.05) is 11.6 Å². The highest BCUT2D eigenvalue weighted by molar-refractivity contribution is 6.30. The first-order chi connectivity index (χ1) is 13.7. The van der Waals surface area contributed by atoms with Crippen molar-refractivity contribution in [2.75, 3.05) is 33.4 Å². The van der Waals surface area contributed by atoms with Crippen LogP contribution in [-0.2, 0) is 4.79 Å². The van der Waals surface area contributed by atoms with Crippen LogP contribution in [0.5, 0.6) is 11.5 Å². The lowest BCUT2D eigenvalue weighted by Crippen LogP contribution is -2.41. The summed E-state index contributed by atoms with van der Waals surface area (Å²) >= 11 is 6.04. The molecule has 1 atom stereocenters. The van der Waals surface area contributed by atoms with Crippen LogP contribution in [0.3, 0.4) is 0 Å². The molecule has 0 saturated carbocycles. The Kier molecular flexibility index (Phi) is 7.57. The van der Waals surface area contributed by atoms with Crippen LogP contribution in [0.1, 0.15) is 30.9 Å². The number of nitrogens with zero attached hydrogens (tertiary/aromatic N) is 1. The first-order valence-corrected chi connectivity index (χ1v) is 10.1. The van der Waals surface area contributed by atoms with Gasteiger partial charge in [0.25, 0.3) is 5.91 Å². The SMILES string of the molecule is COc1ccccc1OCC(=O)NC[C@H](c1ccc(Cl)cc1)N1CCCCC1. The van der Waals surface area contributed by atoms with E-state index in [9.17, 15) is 4.79 Å². The molecule has 6 heteroatoms. The van der Waals surface area contributed by atoms with Gasteiger partial charge in [-0.1, -0.05) is 42.3 Å². The number of halogens is 1. The molecular weight excluding hydrogens is 376 g/mol. The maximum Gasteiger partial charge on any atom is 0.258 e. The molecule has 1 N–H and O–H groups in total. The van der Waals surface area contributed by atoms with E-state index >= 15 is 0 Å². The monoisotopic (exact) mass is 402 g/mol. The summed E-state index contributed by atoms with van der Waals surface area (Å²) in [5.41, 5.74) is 1.16. The summed E-state index contributed by atoms with van der Waals surface area (Å²) in [4.78, 5) is 14.8. The van der Waals surface area contributed by atoms with Gasteiger partial charge in [-0.25, -0.2) is 0 Å². The predicted octanol–water partition coefficient (Wildman–Crippen LogP) is 4.07. The third-order valence-corrected chi connectivity index (χ3v) is 5.26. The molecule has 2 aromatic carbocycles. The second-order valence-electron chi connectivity index (χ2n) is 6.91. The summed E-state index contributed by atoms with van der Waals surface area (Å²) < 4.78 is 10.9. The van der Waals surface area contributed by atoms with E-state index in [0.29, 0.717) is 18.0 Å². The van der Waals surface area contributed by atoms with E-state index in [2.05, 4.69) is 10.2 Å². The van der Waals surface area contributed by atoms with Crippen LogP contribution in [0, 0.1) is 0 Å². The minimum absolute atomic E-state index is 0.0479. The molecule has 2 aromatic rings. The zero-order chi connectivity index (χ0) is 19.8. The molecule has 1 amide bonds. The number of hydrogen-bond acceptors (Lipinski definition) is 4. The zero-order valence-electron chi connectivity index (χ0n) is 16.2. The number of ether oxygens (including phenoxy) is 2. The molecule has 28 heavy (non-hydrogen) atoms. The average Bonchev–Trinajstić information content (AvgIpc) is 2.74. The molecule has 1 aliphatic rings. The standard InChI is InChI=1S/C22H27ClN2O3/c1-27-20-7-3-4-8-21(20)28-16-22(26)24-15-19(25-13-5-2-6-14-25)17-9-11-18(23)12-10-17/h3-4,7-12,19H,2,5-6,13-16H2,1H3,(H,24,26)/t19-/m1/s1. The summed E-state index contributed by atoms with van der Waals surface area (Å²) in [6, 6.07) is 15.3. The number of methoxy groups -OCH3 is 1. The third-order valence-electron chi connectivity index (χ3n) is 5.01. The first-order valence-electron chi connectivity index (χ1n) is 9.69. The number of carbonyl (C=O) groups is 1. The normalized spacial score (nSPS) is 15.6. The van der Waals surface area contributed by atoms with Crippen molar-refractivity contribution < 1.29 is 14.3 Å². The molecule has 1 heterocycles. The number of piperidine rings is 1. The molecule has 0 spiro atoms. The van der Waals surface area contributed by atoms with Crippen LogP contribution in [0.4, 0.5) is 0 Å². The van der Waals surface area contributed by atoms with Crippen LogP contribution in [0.2, 0.25) is 5.02 Å². The van der Waals surface area contributed by atoms with Gasteiger partial charge in [-0.15, -0.1) is 0 Å². The third kappa shape index (κ3) is 5.63. The number of amides is 1. The number of rotatable bonds is 8. The highest BCUT2D eigenvalue weighted by atomic mass is 35.5. The van der Waals surface area contributed by atoms with Crippen molar-refractivity contribution in [2.45, 2.75) is 25.3 Å². The highest BCUT2D eigenvalue weighted by Gasteiger charge is 2.23. The van der Waals surface area contributed by atoms with Crippen LogP contribution < -0.4 is 14.8 Å². The number of nitrogens with one attached hydrogen (secondary N) is 1. The van der Waals surface area contributed by atoms with Crippen molar-refractivity contribution in [1.29, 1.82) is 0 Å². The van der Waals surface area contributed by atoms with Gasteiger partial charge in [0.2, 0.25) is 0 Å². The van der Waals surface area contributed by atoms with Crippen molar-refractivity contribution in [1.82, 2.24) is 10.2 Å². The molecule has 3 rings (SSSR count). The van der Waals surface area contributed by atoms with Crippen LogP contribution in [-0.4, -0.2) is 44.2 Å². The van der Waals surface area contributed by atoms with Crippen molar-refractivity contribution in [3.63, 3.8) is 0 Å². The molecule has 1 aliphatic heterocycles. The summed E-state index contributed by atoms with van der Waals surface area (Å²) in [6.07, 6.45) is 3.65. The Morgan fingerprint density at radius 2 is 1.75 bits per heavy atom. The van der Waals surface area contributed by atoms with Gasteiger partial charge in [0.1, 0.15) is 0 Å². The van der Waals surface area contributed by atoms with E-state index < -0.39 is 0 Å². The molecule has 5 nitrogen and oxygen atoms in total. The molecular formula is C22H27ClN2O3. The summed E-state index contributed by atoms with van der Waals surface area (Å²) in [5.74, 6) is 1.02. The Hall–Kier alpha value is -2.24. The van der Waals surface area contributed by atoms with E-state index in [-0.39, 0.29) is 18.6 Å². The van der Waals surface area contributed by atoms with Gasteiger partial charge in [0.15, 0.2) is 18.1 Å². The van der Waals surface area contributed by atoms with E-state index in [1.54, 1.807) is 19.2 Å². The number of benzene rings is 2. The lowest BCUT2D eigenvalue weighted by molar-refractivity contribution is -0.123. The maximum absolute atomic E-state index is 12.4.